The summed E-state index contributed by atoms with van der Waals surface area (Å²) in [6.45, 7) is 2.13. The third kappa shape index (κ3) is 6.63. The second kappa shape index (κ2) is 10.7. The fourth-order valence-corrected chi connectivity index (χ4v) is 4.04. The minimum absolute atomic E-state index is 0.0511. The highest BCUT2D eigenvalue weighted by atomic mass is 19.1. The largest absolute Gasteiger partial charge is 0.326 e. The molecule has 0 spiro atoms. The molecule has 1 saturated heterocycles. The third-order valence-electron chi connectivity index (χ3n) is 5.59. The molecule has 0 radical (unpaired) electrons. The highest BCUT2D eigenvalue weighted by molar-refractivity contribution is 6.00. The maximum atomic E-state index is 13.5. The van der Waals surface area contributed by atoms with Gasteiger partial charge in [0.25, 0.3) is 0 Å². The van der Waals surface area contributed by atoms with Crippen molar-refractivity contribution in [1.82, 2.24) is 4.90 Å². The van der Waals surface area contributed by atoms with E-state index in [2.05, 4.69) is 20.9 Å². The van der Waals surface area contributed by atoms with E-state index >= 15 is 0 Å². The Labute approximate surface area is 192 Å². The van der Waals surface area contributed by atoms with Gasteiger partial charge in [0.05, 0.1) is 5.92 Å². The lowest BCUT2D eigenvalue weighted by Crippen LogP contribution is -2.40. The minimum Gasteiger partial charge on any atom is -0.326 e. The van der Waals surface area contributed by atoms with Gasteiger partial charge in [-0.2, -0.15) is 0 Å². The molecule has 1 aliphatic heterocycles. The molecule has 3 amide bonds. The van der Waals surface area contributed by atoms with Crippen LogP contribution < -0.4 is 16.0 Å². The van der Waals surface area contributed by atoms with Crippen LogP contribution in [0.25, 0.3) is 0 Å². The lowest BCUT2D eigenvalue weighted by atomic mass is 9.96. The van der Waals surface area contributed by atoms with Gasteiger partial charge >= 0.3 is 6.03 Å². The predicted octanol–water partition coefficient (Wildman–Crippen LogP) is 5.32. The van der Waals surface area contributed by atoms with E-state index in [0.717, 1.165) is 24.9 Å². The number of hydrogen-bond donors (Lipinski definition) is 3. The van der Waals surface area contributed by atoms with Gasteiger partial charge in [-0.15, -0.1) is 0 Å². The molecule has 0 aromatic heterocycles. The van der Waals surface area contributed by atoms with Crippen molar-refractivity contribution >= 4 is 29.0 Å². The Morgan fingerprint density at radius 2 is 1.55 bits per heavy atom. The van der Waals surface area contributed by atoms with Crippen LogP contribution in [0.1, 0.15) is 18.4 Å². The summed E-state index contributed by atoms with van der Waals surface area (Å²) in [5.41, 5.74) is 2.81. The Hall–Kier alpha value is -3.71. The van der Waals surface area contributed by atoms with E-state index in [0.29, 0.717) is 30.2 Å². The normalized spacial score (nSPS) is 16.1. The van der Waals surface area contributed by atoms with Crippen LogP contribution in [0.15, 0.2) is 78.9 Å². The Morgan fingerprint density at radius 3 is 2.33 bits per heavy atom. The molecule has 1 atom stereocenters. The molecule has 0 aliphatic carbocycles. The van der Waals surface area contributed by atoms with Crippen molar-refractivity contribution in [2.45, 2.75) is 19.4 Å². The Morgan fingerprint density at radius 1 is 0.848 bits per heavy atom. The number of urea groups is 1. The molecule has 1 fully saturated rings. The third-order valence-corrected chi connectivity index (χ3v) is 5.59. The summed E-state index contributed by atoms with van der Waals surface area (Å²) in [5.74, 6) is -0.445. The predicted molar refractivity (Wildman–Crippen MR) is 129 cm³/mol. The molecule has 6 nitrogen and oxygen atoms in total. The van der Waals surface area contributed by atoms with E-state index in [1.54, 1.807) is 42.5 Å². The number of carbonyl (C=O) groups is 2. The van der Waals surface area contributed by atoms with Gasteiger partial charge in [0, 0.05) is 30.2 Å². The molecule has 1 aliphatic rings. The van der Waals surface area contributed by atoms with Gasteiger partial charge in [-0.25, -0.2) is 9.18 Å². The van der Waals surface area contributed by atoms with E-state index in [1.165, 1.54) is 12.1 Å². The van der Waals surface area contributed by atoms with Crippen molar-refractivity contribution in [2.75, 3.05) is 29.0 Å². The fraction of sp³-hybridized carbons (Fsp3) is 0.231. The molecule has 7 heteroatoms. The number of rotatable bonds is 6. The molecule has 0 saturated carbocycles. The van der Waals surface area contributed by atoms with Crippen LogP contribution in [-0.4, -0.2) is 29.9 Å². The second-order valence-electron chi connectivity index (χ2n) is 8.22. The lowest BCUT2D eigenvalue weighted by Gasteiger charge is -2.32. The van der Waals surface area contributed by atoms with Gasteiger partial charge in [0.15, 0.2) is 0 Å². The zero-order chi connectivity index (χ0) is 23.0. The minimum atomic E-state index is -0.357. The quantitative estimate of drug-likeness (QED) is 0.480. The van der Waals surface area contributed by atoms with Crippen LogP contribution in [0.2, 0.25) is 0 Å². The highest BCUT2D eigenvalue weighted by Gasteiger charge is 2.26. The number of para-hydroxylation sites is 1. The number of nitrogens with one attached hydrogen (secondary N) is 3. The van der Waals surface area contributed by atoms with Crippen LogP contribution in [-0.2, 0) is 11.3 Å². The van der Waals surface area contributed by atoms with Crippen molar-refractivity contribution in [1.29, 1.82) is 0 Å². The summed E-state index contributed by atoms with van der Waals surface area (Å²) < 4.78 is 13.5. The van der Waals surface area contributed by atoms with Gasteiger partial charge in [0.1, 0.15) is 5.82 Å². The van der Waals surface area contributed by atoms with Crippen LogP contribution in [0.4, 0.5) is 26.2 Å². The maximum Gasteiger partial charge on any atom is 0.323 e. The average molecular weight is 447 g/mol. The molecule has 4 rings (SSSR count). The topological polar surface area (TPSA) is 73.5 Å². The van der Waals surface area contributed by atoms with Gasteiger partial charge in [-0.3, -0.25) is 9.69 Å². The number of nitrogens with zero attached hydrogens (tertiary/aromatic N) is 1. The number of anilines is 3. The van der Waals surface area contributed by atoms with Crippen molar-refractivity contribution in [3.05, 3.63) is 90.2 Å². The Balaban J connectivity index is 1.31. The summed E-state index contributed by atoms with van der Waals surface area (Å²) in [5, 5.41) is 8.52. The molecule has 1 heterocycles. The number of amides is 3. The number of carbonyl (C=O) groups excluding carboxylic acids is 2. The number of halogens is 1. The summed E-state index contributed by atoms with van der Waals surface area (Å²) in [4.78, 5) is 27.3. The van der Waals surface area contributed by atoms with Crippen molar-refractivity contribution in [3.8, 4) is 0 Å². The van der Waals surface area contributed by atoms with Gasteiger partial charge in [-0.05, 0) is 67.4 Å². The van der Waals surface area contributed by atoms with Gasteiger partial charge in [-0.1, -0.05) is 36.4 Å². The highest BCUT2D eigenvalue weighted by Crippen LogP contribution is 2.22. The van der Waals surface area contributed by atoms with E-state index < -0.39 is 0 Å². The SMILES string of the molecule is O=C(Nc1ccccc1)Nc1cccc(NC(=O)C2CCCN(Cc3cccc(F)c3)C2)c1. The average Bonchev–Trinajstić information content (AvgIpc) is 2.80. The summed E-state index contributed by atoms with van der Waals surface area (Å²) in [7, 11) is 0. The molecule has 1 unspecified atom stereocenters. The first kappa shape index (κ1) is 22.5. The maximum absolute atomic E-state index is 13.5. The first-order valence-corrected chi connectivity index (χ1v) is 11.1. The number of benzene rings is 3. The molecule has 170 valence electrons. The van der Waals surface area contributed by atoms with Crippen LogP contribution in [0, 0.1) is 11.7 Å². The smallest absolute Gasteiger partial charge is 0.323 e. The van der Waals surface area contributed by atoms with Crippen molar-refractivity contribution in [2.24, 2.45) is 5.92 Å². The van der Waals surface area contributed by atoms with Crippen LogP contribution in [0.3, 0.4) is 0 Å². The Bertz CT molecular complexity index is 1110. The molecule has 0 bridgehead atoms. The summed E-state index contributed by atoms with van der Waals surface area (Å²) in [6, 6.07) is 22.5. The molecule has 3 aromatic carbocycles. The molecular formula is C26H27FN4O2. The summed E-state index contributed by atoms with van der Waals surface area (Å²) in [6.07, 6.45) is 1.72. The first-order chi connectivity index (χ1) is 16.0. The molecular weight excluding hydrogens is 419 g/mol. The van der Waals surface area contributed by atoms with Crippen molar-refractivity contribution in [3.63, 3.8) is 0 Å². The lowest BCUT2D eigenvalue weighted by molar-refractivity contribution is -0.121. The van der Waals surface area contributed by atoms with Crippen molar-refractivity contribution < 1.29 is 14.0 Å². The van der Waals surface area contributed by atoms with E-state index in [1.807, 2.05) is 24.3 Å². The zero-order valence-corrected chi connectivity index (χ0v) is 18.3. The van der Waals surface area contributed by atoms with E-state index in [4.69, 9.17) is 0 Å². The van der Waals surface area contributed by atoms with Gasteiger partial charge < -0.3 is 16.0 Å². The fourth-order valence-electron chi connectivity index (χ4n) is 4.04. The monoisotopic (exact) mass is 446 g/mol. The zero-order valence-electron chi connectivity index (χ0n) is 18.3. The van der Waals surface area contributed by atoms with Gasteiger partial charge in [0.2, 0.25) is 5.91 Å². The van der Waals surface area contributed by atoms with E-state index in [9.17, 15) is 14.0 Å². The molecule has 3 aromatic rings. The van der Waals surface area contributed by atoms with E-state index in [-0.39, 0.29) is 23.7 Å². The number of piperidine rings is 1. The Kier molecular flexibility index (Phi) is 7.32. The number of likely N-dealkylation sites (tertiary alicyclic amines) is 1. The second-order valence-corrected chi connectivity index (χ2v) is 8.22. The first-order valence-electron chi connectivity index (χ1n) is 11.1. The van der Waals surface area contributed by atoms with Crippen LogP contribution >= 0.6 is 0 Å². The number of hydrogen-bond acceptors (Lipinski definition) is 3. The standard InChI is InChI=1S/C26H27FN4O2/c27-21-9-4-7-19(15-21)17-31-14-6-8-20(18-31)25(32)28-23-12-5-13-24(16-23)30-26(33)29-22-10-2-1-3-11-22/h1-5,7,9-13,15-16,20H,6,8,14,17-18H2,(H,28,32)(H2,29,30,33). The van der Waals surface area contributed by atoms with Crippen LogP contribution in [0.5, 0.6) is 0 Å². The summed E-state index contributed by atoms with van der Waals surface area (Å²) >= 11 is 0. The molecule has 33 heavy (non-hydrogen) atoms. The molecule has 3 N–H and O–H groups in total.